The number of hydrogen-bond acceptors (Lipinski definition) is 3. The summed E-state index contributed by atoms with van der Waals surface area (Å²) < 4.78 is 5.40. The molecular weight excluding hydrogens is 320 g/mol. The van der Waals surface area contributed by atoms with E-state index in [1.807, 2.05) is 36.4 Å². The third-order valence-electron chi connectivity index (χ3n) is 4.32. The molecule has 0 radical (unpaired) electrons. The maximum absolute atomic E-state index is 6.16. The average molecular weight is 343 g/mol. The van der Waals surface area contributed by atoms with Gasteiger partial charge >= 0.3 is 0 Å². The quantitative estimate of drug-likeness (QED) is 0.554. The van der Waals surface area contributed by atoms with Gasteiger partial charge in [-0.3, -0.25) is 0 Å². The number of ether oxygens (including phenoxy) is 1. The molecule has 0 saturated heterocycles. The fraction of sp³-hybridized carbons (Fsp3) is 0.350. The predicted molar refractivity (Wildman–Crippen MR) is 103 cm³/mol. The lowest BCUT2D eigenvalue weighted by Crippen LogP contribution is -2.15. The number of nitrogens with zero attached hydrogens (tertiary/aromatic N) is 1. The van der Waals surface area contributed by atoms with Gasteiger partial charge in [-0.2, -0.15) is 0 Å². The van der Waals surface area contributed by atoms with E-state index in [1.165, 1.54) is 12.8 Å². The molecule has 4 heteroatoms. The summed E-state index contributed by atoms with van der Waals surface area (Å²) in [7, 11) is 1.69. The molecule has 1 unspecified atom stereocenters. The Morgan fingerprint density at radius 1 is 1.12 bits per heavy atom. The average Bonchev–Trinajstić information content (AvgIpc) is 2.59. The lowest BCUT2D eigenvalue weighted by atomic mass is 10.1. The Morgan fingerprint density at radius 3 is 2.71 bits per heavy atom. The monoisotopic (exact) mass is 342 g/mol. The molecule has 126 valence electrons. The van der Waals surface area contributed by atoms with E-state index in [0.29, 0.717) is 11.1 Å². The largest absolute Gasteiger partial charge is 0.497 e. The van der Waals surface area contributed by atoms with Gasteiger partial charge in [-0.1, -0.05) is 31.4 Å². The zero-order valence-corrected chi connectivity index (χ0v) is 15.2. The molecule has 0 fully saturated rings. The number of pyridine rings is 1. The van der Waals surface area contributed by atoms with Crippen molar-refractivity contribution in [1.29, 1.82) is 0 Å². The molecule has 1 heterocycles. The first-order valence-electron chi connectivity index (χ1n) is 8.46. The van der Waals surface area contributed by atoms with Crippen molar-refractivity contribution in [2.24, 2.45) is 0 Å². The van der Waals surface area contributed by atoms with Crippen LogP contribution in [-0.4, -0.2) is 18.1 Å². The van der Waals surface area contributed by atoms with Crippen molar-refractivity contribution in [2.75, 3.05) is 12.4 Å². The minimum atomic E-state index is 0.389. The van der Waals surface area contributed by atoms with Gasteiger partial charge in [-0.05, 0) is 49.7 Å². The lowest BCUT2D eigenvalue weighted by molar-refractivity contribution is 0.415. The zero-order valence-electron chi connectivity index (χ0n) is 14.4. The Bertz CT molecular complexity index is 863. The molecule has 0 saturated carbocycles. The van der Waals surface area contributed by atoms with E-state index in [9.17, 15) is 0 Å². The summed E-state index contributed by atoms with van der Waals surface area (Å²) >= 11 is 6.16. The first kappa shape index (κ1) is 16.8. The third-order valence-corrected chi connectivity index (χ3v) is 4.56. The maximum Gasteiger partial charge on any atom is 0.119 e. The SMILES string of the molecule is CCCCC(C)Nc1c2ccc(Cl)cc2nc2ccc(OC)cc12. The van der Waals surface area contributed by atoms with Crippen molar-refractivity contribution in [3.8, 4) is 5.75 Å². The van der Waals surface area contributed by atoms with Gasteiger partial charge in [-0.25, -0.2) is 4.98 Å². The highest BCUT2D eigenvalue weighted by Gasteiger charge is 2.13. The third kappa shape index (κ3) is 3.41. The molecule has 1 atom stereocenters. The van der Waals surface area contributed by atoms with Crippen LogP contribution in [0.4, 0.5) is 5.69 Å². The van der Waals surface area contributed by atoms with Crippen molar-refractivity contribution in [2.45, 2.75) is 39.2 Å². The number of aromatic nitrogens is 1. The number of hydrogen-bond donors (Lipinski definition) is 1. The van der Waals surface area contributed by atoms with Gasteiger partial charge < -0.3 is 10.1 Å². The van der Waals surface area contributed by atoms with Gasteiger partial charge in [0.25, 0.3) is 0 Å². The van der Waals surface area contributed by atoms with Gasteiger partial charge in [0.15, 0.2) is 0 Å². The standard InChI is InChI=1S/C20H23ClN2O/c1-4-5-6-13(2)22-20-16-9-7-14(21)11-19(16)23-18-10-8-15(24-3)12-17(18)20/h7-13H,4-6H2,1-3H3,(H,22,23). The molecule has 0 aliphatic heterocycles. The van der Waals surface area contributed by atoms with Gasteiger partial charge in [0.05, 0.1) is 23.8 Å². The molecule has 0 aliphatic carbocycles. The van der Waals surface area contributed by atoms with Crippen molar-refractivity contribution < 1.29 is 4.74 Å². The highest BCUT2D eigenvalue weighted by molar-refractivity contribution is 6.31. The maximum atomic E-state index is 6.16. The Labute approximate surface area is 148 Å². The smallest absolute Gasteiger partial charge is 0.119 e. The lowest BCUT2D eigenvalue weighted by Gasteiger charge is -2.19. The van der Waals surface area contributed by atoms with Crippen molar-refractivity contribution >= 4 is 39.1 Å². The summed E-state index contributed by atoms with van der Waals surface area (Å²) in [5.41, 5.74) is 2.95. The van der Waals surface area contributed by atoms with E-state index < -0.39 is 0 Å². The van der Waals surface area contributed by atoms with Crippen LogP contribution in [0.15, 0.2) is 36.4 Å². The minimum Gasteiger partial charge on any atom is -0.497 e. The van der Waals surface area contributed by atoms with Gasteiger partial charge in [0.2, 0.25) is 0 Å². The molecule has 0 spiro atoms. The van der Waals surface area contributed by atoms with Crippen molar-refractivity contribution in [3.05, 3.63) is 41.4 Å². The molecule has 3 nitrogen and oxygen atoms in total. The van der Waals surface area contributed by atoms with Crippen LogP contribution in [-0.2, 0) is 0 Å². The summed E-state index contributed by atoms with van der Waals surface area (Å²) in [6.45, 7) is 4.45. The molecule has 1 N–H and O–H groups in total. The van der Waals surface area contributed by atoms with E-state index in [2.05, 4.69) is 19.2 Å². The molecule has 3 rings (SSSR count). The predicted octanol–water partition coefficient (Wildman–Crippen LogP) is 6.04. The Balaban J connectivity index is 2.18. The summed E-state index contributed by atoms with van der Waals surface area (Å²) in [4.78, 5) is 4.76. The van der Waals surface area contributed by atoms with E-state index in [-0.39, 0.29) is 0 Å². The number of nitrogens with one attached hydrogen (secondary N) is 1. The van der Waals surface area contributed by atoms with Crippen LogP contribution in [0.1, 0.15) is 33.1 Å². The molecule has 24 heavy (non-hydrogen) atoms. The molecule has 3 aromatic rings. The summed E-state index contributed by atoms with van der Waals surface area (Å²) in [6, 6.07) is 12.2. The number of anilines is 1. The summed E-state index contributed by atoms with van der Waals surface area (Å²) in [5.74, 6) is 0.835. The topological polar surface area (TPSA) is 34.2 Å². The van der Waals surface area contributed by atoms with Crippen LogP contribution >= 0.6 is 11.6 Å². The van der Waals surface area contributed by atoms with Crippen LogP contribution in [0.25, 0.3) is 21.8 Å². The fourth-order valence-electron chi connectivity index (χ4n) is 3.01. The molecule has 0 aliphatic rings. The van der Waals surface area contributed by atoms with Crippen LogP contribution in [0.3, 0.4) is 0 Å². The zero-order chi connectivity index (χ0) is 17.1. The number of fused-ring (bicyclic) bond motifs is 2. The molecule has 2 aromatic carbocycles. The van der Waals surface area contributed by atoms with Gasteiger partial charge in [0, 0.05) is 21.8 Å². The number of methoxy groups -OCH3 is 1. The summed E-state index contributed by atoms with van der Waals surface area (Å²) in [6.07, 6.45) is 3.55. The van der Waals surface area contributed by atoms with E-state index in [1.54, 1.807) is 7.11 Å². The van der Waals surface area contributed by atoms with Gasteiger partial charge in [0.1, 0.15) is 5.75 Å². The van der Waals surface area contributed by atoms with Crippen LogP contribution in [0, 0.1) is 0 Å². The molecular formula is C20H23ClN2O. The number of benzene rings is 2. The van der Waals surface area contributed by atoms with E-state index in [0.717, 1.165) is 39.7 Å². The highest BCUT2D eigenvalue weighted by atomic mass is 35.5. The Morgan fingerprint density at radius 2 is 1.96 bits per heavy atom. The van der Waals surface area contributed by atoms with Crippen LogP contribution in [0.2, 0.25) is 5.02 Å². The van der Waals surface area contributed by atoms with Crippen molar-refractivity contribution in [1.82, 2.24) is 4.98 Å². The second-order valence-electron chi connectivity index (χ2n) is 6.22. The minimum absolute atomic E-state index is 0.389. The molecule has 0 bridgehead atoms. The first-order chi connectivity index (χ1) is 11.6. The Hall–Kier alpha value is -2.00. The number of rotatable bonds is 6. The van der Waals surface area contributed by atoms with Crippen LogP contribution < -0.4 is 10.1 Å². The molecule has 1 aromatic heterocycles. The molecule has 0 amide bonds. The number of unbranched alkanes of at least 4 members (excludes halogenated alkanes) is 1. The number of halogens is 1. The van der Waals surface area contributed by atoms with E-state index in [4.69, 9.17) is 21.3 Å². The normalized spacial score (nSPS) is 12.5. The van der Waals surface area contributed by atoms with Crippen LogP contribution in [0.5, 0.6) is 5.75 Å². The Kier molecular flexibility index (Phi) is 5.10. The fourth-order valence-corrected chi connectivity index (χ4v) is 3.17. The van der Waals surface area contributed by atoms with E-state index >= 15 is 0 Å². The second kappa shape index (κ2) is 7.27. The van der Waals surface area contributed by atoms with Crippen molar-refractivity contribution in [3.63, 3.8) is 0 Å². The second-order valence-corrected chi connectivity index (χ2v) is 6.66. The summed E-state index contributed by atoms with van der Waals surface area (Å²) in [5, 5.41) is 6.56. The highest BCUT2D eigenvalue weighted by Crippen LogP contribution is 2.34. The van der Waals surface area contributed by atoms with Gasteiger partial charge in [-0.15, -0.1) is 0 Å². The first-order valence-corrected chi connectivity index (χ1v) is 8.83.